The molecule has 0 aliphatic carbocycles. The monoisotopic (exact) mass is 1790 g/mol. The van der Waals surface area contributed by atoms with E-state index in [-0.39, 0.29) is 49.2 Å². The second kappa shape index (κ2) is 49.2. The molecule has 7 heterocycles. The van der Waals surface area contributed by atoms with Gasteiger partial charge < -0.3 is 53.7 Å². The third kappa shape index (κ3) is 29.7. The molecule has 0 bridgehead atoms. The summed E-state index contributed by atoms with van der Waals surface area (Å²) in [5.74, 6) is 6.69. The molecule has 98 heavy (non-hydrogen) atoms. The van der Waals surface area contributed by atoms with Gasteiger partial charge in [-0.05, 0) is 231 Å². The number of hydrogen-bond donors (Lipinski definition) is 3. The molecule has 1 saturated heterocycles. The maximum absolute atomic E-state index is 11.9. The Kier molecular flexibility index (Phi) is 42.7. The van der Waals surface area contributed by atoms with E-state index >= 15 is 0 Å². The number of halogens is 3. The Balaban J connectivity index is 0.000000254. The number of nitrogens with one attached hydrogen (secondary N) is 2. The predicted octanol–water partition coefficient (Wildman–Crippen LogP) is 17.2. The third-order valence-corrected chi connectivity index (χ3v) is 21.1. The van der Waals surface area contributed by atoms with E-state index < -0.39 is 5.09 Å². The molecule has 0 unspecified atom stereocenters. The largest absolute Gasteiger partial charge is 0.493 e. The summed E-state index contributed by atoms with van der Waals surface area (Å²) in [6.45, 7) is 24.1. The van der Waals surface area contributed by atoms with Gasteiger partial charge in [0.25, 0.3) is 11.0 Å². The number of nitrogens with zero attached hydrogens (tertiary/aromatic N) is 1. The maximum Gasteiger partial charge on any atom is 0.291 e. The smallest absolute Gasteiger partial charge is 0.291 e. The topological polar surface area (TPSA) is 212 Å². The summed E-state index contributed by atoms with van der Waals surface area (Å²) < 4.78 is 45.1. The number of carbonyl (C=O) groups excluding carboxylic acids is 3. The van der Waals surface area contributed by atoms with Gasteiger partial charge >= 0.3 is 0 Å². The number of amides is 1. The van der Waals surface area contributed by atoms with Gasteiger partial charge in [-0.2, -0.15) is 0 Å². The van der Waals surface area contributed by atoms with Gasteiger partial charge in [0.2, 0.25) is 0 Å². The number of hydrogen-bond acceptors (Lipinski definition) is 14. The number of rotatable bonds is 14. The molecule has 0 aromatic heterocycles. The van der Waals surface area contributed by atoms with Crippen molar-refractivity contribution < 1.29 is 85.0 Å². The normalized spacial score (nSPS) is 16.7. The molecule has 22 heteroatoms. The predicted molar refractivity (Wildman–Crippen MR) is 414 cm³/mol. The maximum atomic E-state index is 11.9. The van der Waals surface area contributed by atoms with Crippen molar-refractivity contribution >= 4 is 92.7 Å². The first-order valence-electron chi connectivity index (χ1n) is 33.8. The average Bonchev–Trinajstić information content (AvgIpc) is 1.11. The van der Waals surface area contributed by atoms with Crippen molar-refractivity contribution in [3.05, 3.63) is 204 Å². The number of fused-ring (bicyclic) bond motifs is 6. The van der Waals surface area contributed by atoms with Crippen LogP contribution >= 0.6 is 59.8 Å². The van der Waals surface area contributed by atoms with Crippen molar-refractivity contribution in [2.75, 3.05) is 59.4 Å². The molecule has 3 atom stereocenters. The summed E-state index contributed by atoms with van der Waals surface area (Å²) in [7, 11) is -0.171. The zero-order valence-electron chi connectivity index (χ0n) is 57.4. The van der Waals surface area contributed by atoms with E-state index in [4.69, 9.17) is 53.2 Å². The van der Waals surface area contributed by atoms with Crippen LogP contribution in [0.4, 0.5) is 0 Å². The van der Waals surface area contributed by atoms with E-state index in [1.165, 1.54) is 68.4 Å². The Morgan fingerprint density at radius 3 is 1.76 bits per heavy atom. The van der Waals surface area contributed by atoms with Crippen molar-refractivity contribution in [2.45, 2.75) is 149 Å². The van der Waals surface area contributed by atoms with E-state index in [0.29, 0.717) is 57.3 Å². The molecule has 7 aliphatic rings. The molecule has 3 N–H and O–H groups in total. The summed E-state index contributed by atoms with van der Waals surface area (Å²) in [6, 6.07) is 45.4. The first kappa shape index (κ1) is 85.1. The van der Waals surface area contributed by atoms with Crippen LogP contribution in [0.15, 0.2) is 140 Å². The zero-order chi connectivity index (χ0) is 70.2. The van der Waals surface area contributed by atoms with Crippen LogP contribution in [0.25, 0.3) is 6.08 Å². The molecular formula is C76H98AgI3N3O14Si. The SMILES string of the molecule is C=CC(OCC)OCC.CC[SiH](CC)CC.C[C@H]1NCC[C@@H](c2ccc3c(c2)CCCO3)[C@@H]1COc1ccc2c(c1)C(=O)NC2.II.Ic1ccc2c(c1)CCCO2.O=C/C=C/c1ccc2c(c1)CCCO2.O=C1CCOc2ccccc21.O=[N+]([O-])O.[Ag].c1ccc2c(c1)CCCO2. The first-order valence-corrected chi connectivity index (χ1v) is 43.6. The zero-order valence-corrected chi connectivity index (χ0v) is 66.5. The van der Waals surface area contributed by atoms with Crippen LogP contribution in [0.3, 0.4) is 0 Å². The number of ketones is 1. The van der Waals surface area contributed by atoms with Gasteiger partial charge in [-0.15, -0.1) is 10.1 Å². The number of aryl methyl sites for hydroxylation is 4. The minimum Gasteiger partial charge on any atom is -0.493 e. The summed E-state index contributed by atoms with van der Waals surface area (Å²) in [4.78, 5) is 41.7. The second-order valence-corrected chi connectivity index (χ2v) is 28.8. The molecule has 7 aliphatic heterocycles. The van der Waals surface area contributed by atoms with Crippen LogP contribution in [0.1, 0.15) is 146 Å². The van der Waals surface area contributed by atoms with Crippen LogP contribution < -0.4 is 39.1 Å². The summed E-state index contributed by atoms with van der Waals surface area (Å²) in [5.41, 5.74) is 10.3. The number of aldehydes is 1. The Hall–Kier alpha value is -5.36. The Morgan fingerprint density at radius 1 is 0.663 bits per heavy atom. The van der Waals surface area contributed by atoms with Gasteiger partial charge in [0.15, 0.2) is 12.1 Å². The molecule has 1 radical (unpaired) electrons. The summed E-state index contributed by atoms with van der Waals surface area (Å²) in [5, 5.41) is 20.1. The number of benzene rings is 6. The quantitative estimate of drug-likeness (QED) is 0.0135. The molecule has 0 saturated carbocycles. The van der Waals surface area contributed by atoms with Crippen molar-refractivity contribution in [2.24, 2.45) is 5.92 Å². The Morgan fingerprint density at radius 2 is 1.19 bits per heavy atom. The number of para-hydroxylation sites is 2. The van der Waals surface area contributed by atoms with Crippen molar-refractivity contribution in [3.8, 4) is 34.5 Å². The van der Waals surface area contributed by atoms with Gasteiger partial charge in [-0.1, -0.05) is 106 Å². The molecule has 13 rings (SSSR count). The summed E-state index contributed by atoms with van der Waals surface area (Å²) >= 11 is 6.57. The fraction of sp³-hybridized carbons (Fsp3) is 0.434. The average molecular weight is 1790 g/mol. The van der Waals surface area contributed by atoms with Gasteiger partial charge in [0.1, 0.15) is 40.8 Å². The van der Waals surface area contributed by atoms with Crippen LogP contribution in [0.2, 0.25) is 18.1 Å². The molecule has 1 amide bonds. The number of piperidine rings is 1. The molecule has 17 nitrogen and oxygen atoms in total. The molecule has 6 aromatic rings. The van der Waals surface area contributed by atoms with Gasteiger partial charge in [-0.25, -0.2) is 0 Å². The number of carbonyl (C=O) groups is 3. The fourth-order valence-corrected chi connectivity index (χ4v) is 14.1. The van der Waals surface area contributed by atoms with Crippen molar-refractivity contribution in [1.82, 2.24) is 10.6 Å². The molecule has 537 valence electrons. The van der Waals surface area contributed by atoms with E-state index in [0.717, 1.165) is 141 Å². The van der Waals surface area contributed by atoms with E-state index in [9.17, 15) is 14.4 Å². The Bertz CT molecular complexity index is 3360. The number of allylic oxidation sites excluding steroid dienone is 1. The Labute approximate surface area is 634 Å². The third-order valence-electron chi connectivity index (χ3n) is 17.0. The van der Waals surface area contributed by atoms with Gasteiger partial charge in [0.05, 0.1) is 45.2 Å². The standard InChI is InChI=1S/C24H28N2O3.C12H12O2.C9H9IO.C9H8O2.C9H10O.C7H14O2.C6H16Si.Ag.I2.HNO3/c1-15-22(14-29-19-6-4-18-13-26-24(27)21(18)12-19)20(8-9-25-15)16-5-7-23-17(11-16)3-2-10-28-23;13-7-1-3-10-5-6-12-11(9-10)4-2-8-14-12;10-8-3-4-9-7(6-8)2-1-5-11-9;10-8-5-6-11-9-4-2-1-3-7(8)9;1-2-6-9-8(4-1)5-3-7-10-9;1-4-7(8-5-2)9-6-3;1-4-7(5-2)6-3;;1-2;2-1(3)4/h4-7,11-12,15,20,22,25H,2-3,8-10,13-14H2,1H3,(H,26,27);1,3,5-7,9H,2,4,8H2;3-4,6H,1-2,5H2;1-4H,5-6H2;1-2,4,6H,3,5,7H2;4,7H,1,5-6H2,2-3H3;7H,4-6H2,1-3H3;;;(H,2,3,4)/b;3-1+;;;;;;;;/t15-,20+,22-;;;;;;;;;/m1........./s1. The second-order valence-electron chi connectivity index (χ2n) is 23.4. The first-order chi connectivity index (χ1) is 47.2. The van der Waals surface area contributed by atoms with Gasteiger partial charge in [-0.3, -0.25) is 14.4 Å². The van der Waals surface area contributed by atoms with Crippen molar-refractivity contribution in [3.63, 3.8) is 0 Å². The van der Waals surface area contributed by atoms with E-state index in [1.54, 1.807) is 12.1 Å². The van der Waals surface area contributed by atoms with E-state index in [2.05, 4.69) is 159 Å². The molecule has 6 aromatic carbocycles. The number of Topliss-reactive ketones (excluding diaryl/α,β-unsaturated/α-hetero) is 1. The van der Waals surface area contributed by atoms with Crippen LogP contribution in [-0.2, 0) is 68.9 Å². The molecule has 0 spiro atoms. The molecular weight excluding hydrogens is 1700 g/mol. The van der Waals surface area contributed by atoms with E-state index in [1.807, 2.05) is 80.6 Å². The van der Waals surface area contributed by atoms with Crippen molar-refractivity contribution in [1.29, 1.82) is 0 Å². The minimum absolute atomic E-state index is 0. The fourth-order valence-electron chi connectivity index (χ4n) is 11.8. The number of ether oxygens (including phenoxy) is 8. The van der Waals surface area contributed by atoms with Crippen LogP contribution in [0.5, 0.6) is 34.5 Å². The van der Waals surface area contributed by atoms with Crippen LogP contribution in [-0.4, -0.2) is 109 Å². The van der Waals surface area contributed by atoms with Crippen LogP contribution in [0, 0.1) is 19.6 Å². The summed E-state index contributed by atoms with van der Waals surface area (Å²) in [6.07, 6.45) is 16.1. The molecule has 1 fully saturated rings. The minimum atomic E-state index is -1.50. The van der Waals surface area contributed by atoms with Gasteiger partial charge in [0, 0.05) is 116 Å².